The number of hydrogen-bond donors (Lipinski definition) is 3. The highest BCUT2D eigenvalue weighted by Crippen LogP contribution is 2.32. The van der Waals surface area contributed by atoms with Crippen LogP contribution in [0.1, 0.15) is 26.3 Å². The molecule has 0 fully saturated rings. The highest BCUT2D eigenvalue weighted by molar-refractivity contribution is 7.80. The normalized spacial score (nSPS) is 10.2. The number of ether oxygens (including phenoxy) is 1. The maximum Gasteiger partial charge on any atom is 0.336 e. The van der Waals surface area contributed by atoms with Gasteiger partial charge in [0.2, 0.25) is 0 Å². The van der Waals surface area contributed by atoms with Gasteiger partial charge in [-0.2, -0.15) is 0 Å². The van der Waals surface area contributed by atoms with Crippen molar-refractivity contribution in [3.8, 4) is 5.75 Å². The zero-order valence-corrected chi connectivity index (χ0v) is 16.1. The Kier molecular flexibility index (Phi) is 6.42. The lowest BCUT2D eigenvalue weighted by Gasteiger charge is -2.14. The summed E-state index contributed by atoms with van der Waals surface area (Å²) >= 11 is 17.1. The first-order valence-electron chi connectivity index (χ1n) is 7.23. The quantitative estimate of drug-likeness (QED) is 0.654. The number of rotatable bonds is 4. The second-order valence-corrected chi connectivity index (χ2v) is 6.41. The molecule has 0 saturated heterocycles. The van der Waals surface area contributed by atoms with E-state index >= 15 is 0 Å². The van der Waals surface area contributed by atoms with Gasteiger partial charge in [-0.3, -0.25) is 10.1 Å². The lowest BCUT2D eigenvalue weighted by Crippen LogP contribution is -2.34. The first kappa shape index (κ1) is 20.0. The Labute approximate surface area is 165 Å². The fourth-order valence-electron chi connectivity index (χ4n) is 2.26. The predicted molar refractivity (Wildman–Crippen MR) is 105 cm³/mol. The fraction of sp³-hybridized carbons (Fsp3) is 0.118. The van der Waals surface area contributed by atoms with Crippen LogP contribution in [0.5, 0.6) is 5.75 Å². The third kappa shape index (κ3) is 4.43. The molecule has 0 atom stereocenters. The van der Waals surface area contributed by atoms with Crippen molar-refractivity contribution in [3.63, 3.8) is 0 Å². The van der Waals surface area contributed by atoms with Crippen molar-refractivity contribution in [2.45, 2.75) is 6.92 Å². The molecular weight excluding hydrogens is 399 g/mol. The molecule has 0 bridgehead atoms. The van der Waals surface area contributed by atoms with Crippen LogP contribution >= 0.6 is 35.4 Å². The van der Waals surface area contributed by atoms with E-state index in [1.54, 1.807) is 19.1 Å². The van der Waals surface area contributed by atoms with E-state index < -0.39 is 11.9 Å². The van der Waals surface area contributed by atoms with E-state index in [0.29, 0.717) is 11.3 Å². The van der Waals surface area contributed by atoms with Gasteiger partial charge in [0, 0.05) is 10.7 Å². The van der Waals surface area contributed by atoms with Crippen LogP contribution in [0, 0.1) is 6.92 Å². The number of carboxylic acid groups (broad SMARTS) is 1. The van der Waals surface area contributed by atoms with Crippen LogP contribution in [0.15, 0.2) is 30.3 Å². The summed E-state index contributed by atoms with van der Waals surface area (Å²) in [5.41, 5.74) is 1.20. The topological polar surface area (TPSA) is 87.7 Å². The molecule has 136 valence electrons. The largest absolute Gasteiger partial charge is 0.494 e. The molecule has 26 heavy (non-hydrogen) atoms. The van der Waals surface area contributed by atoms with Gasteiger partial charge < -0.3 is 15.2 Å². The first-order chi connectivity index (χ1) is 12.2. The summed E-state index contributed by atoms with van der Waals surface area (Å²) in [5.74, 6) is -1.46. The molecule has 0 aliphatic heterocycles. The summed E-state index contributed by atoms with van der Waals surface area (Å²) < 4.78 is 5.13. The molecular formula is C17H14Cl2N2O4S. The average molecular weight is 413 g/mol. The number of carboxylic acids is 1. The summed E-state index contributed by atoms with van der Waals surface area (Å²) in [6.07, 6.45) is 0. The molecule has 0 unspecified atom stereocenters. The van der Waals surface area contributed by atoms with Gasteiger partial charge in [0.05, 0.1) is 23.3 Å². The Morgan fingerprint density at radius 3 is 2.50 bits per heavy atom. The van der Waals surface area contributed by atoms with Gasteiger partial charge in [-0.25, -0.2) is 4.79 Å². The number of benzene rings is 2. The van der Waals surface area contributed by atoms with Crippen LogP contribution in [0.3, 0.4) is 0 Å². The molecule has 0 radical (unpaired) electrons. The molecule has 0 heterocycles. The number of aromatic carboxylic acids is 1. The molecule has 0 aromatic heterocycles. The highest BCUT2D eigenvalue weighted by atomic mass is 35.5. The number of thiocarbonyl (C=S) groups is 1. The van der Waals surface area contributed by atoms with Crippen LogP contribution in [0.4, 0.5) is 5.69 Å². The van der Waals surface area contributed by atoms with Gasteiger partial charge in [-0.15, -0.1) is 0 Å². The van der Waals surface area contributed by atoms with Crippen molar-refractivity contribution in [1.82, 2.24) is 5.32 Å². The Morgan fingerprint density at radius 1 is 1.19 bits per heavy atom. The SMILES string of the molecule is COc1c(Cl)cc(Cl)cc1C(=O)NC(=S)Nc1cccc(C(=O)O)c1C. The van der Waals surface area contributed by atoms with Crippen LogP contribution in [-0.2, 0) is 0 Å². The maximum atomic E-state index is 12.5. The molecule has 2 aromatic rings. The standard InChI is InChI=1S/C17H14Cl2N2O4S/c1-8-10(16(23)24)4-3-5-13(8)20-17(26)21-15(22)11-6-9(18)7-12(19)14(11)25-2/h3-7H,1-2H3,(H,23,24)(H2,20,21,22,26). The average Bonchev–Trinajstić information content (AvgIpc) is 2.55. The Balaban J connectivity index is 2.20. The molecule has 6 nitrogen and oxygen atoms in total. The minimum atomic E-state index is -1.06. The van der Waals surface area contributed by atoms with Gasteiger partial charge in [-0.05, 0) is 49.0 Å². The van der Waals surface area contributed by atoms with E-state index in [2.05, 4.69) is 10.6 Å². The van der Waals surface area contributed by atoms with E-state index in [9.17, 15) is 9.59 Å². The Hall–Kier alpha value is -2.35. The number of hydrogen-bond acceptors (Lipinski definition) is 4. The predicted octanol–water partition coefficient (Wildman–Crippen LogP) is 4.14. The Bertz CT molecular complexity index is 903. The number of carbonyl (C=O) groups is 2. The third-order valence-corrected chi connectivity index (χ3v) is 4.20. The van der Waals surface area contributed by atoms with Crippen LogP contribution in [0.25, 0.3) is 0 Å². The van der Waals surface area contributed by atoms with Crippen molar-refractivity contribution in [2.75, 3.05) is 12.4 Å². The van der Waals surface area contributed by atoms with Crippen molar-refractivity contribution in [1.29, 1.82) is 0 Å². The highest BCUT2D eigenvalue weighted by Gasteiger charge is 2.18. The lowest BCUT2D eigenvalue weighted by atomic mass is 10.1. The van der Waals surface area contributed by atoms with Gasteiger partial charge in [-0.1, -0.05) is 29.3 Å². The van der Waals surface area contributed by atoms with Crippen molar-refractivity contribution in [2.24, 2.45) is 0 Å². The van der Waals surface area contributed by atoms with Crippen molar-refractivity contribution in [3.05, 3.63) is 57.1 Å². The molecule has 0 spiro atoms. The molecule has 2 rings (SSSR count). The summed E-state index contributed by atoms with van der Waals surface area (Å²) in [6.45, 7) is 1.63. The third-order valence-electron chi connectivity index (χ3n) is 3.50. The van der Waals surface area contributed by atoms with Gasteiger partial charge >= 0.3 is 5.97 Å². The number of halogens is 2. The minimum Gasteiger partial charge on any atom is -0.494 e. The molecule has 9 heteroatoms. The van der Waals surface area contributed by atoms with Crippen LogP contribution in [0.2, 0.25) is 10.0 Å². The number of carbonyl (C=O) groups excluding carboxylic acids is 1. The maximum absolute atomic E-state index is 12.5. The zero-order valence-electron chi connectivity index (χ0n) is 13.7. The van der Waals surface area contributed by atoms with E-state index in [-0.39, 0.29) is 32.0 Å². The van der Waals surface area contributed by atoms with Crippen LogP contribution in [-0.4, -0.2) is 29.2 Å². The smallest absolute Gasteiger partial charge is 0.336 e. The van der Waals surface area contributed by atoms with Crippen molar-refractivity contribution < 1.29 is 19.4 Å². The van der Waals surface area contributed by atoms with Crippen molar-refractivity contribution >= 4 is 58.1 Å². The Morgan fingerprint density at radius 2 is 1.88 bits per heavy atom. The number of anilines is 1. The molecule has 0 saturated carbocycles. The fourth-order valence-corrected chi connectivity index (χ4v) is 3.04. The lowest BCUT2D eigenvalue weighted by molar-refractivity contribution is 0.0696. The van der Waals surface area contributed by atoms with E-state index in [0.717, 1.165) is 0 Å². The first-order valence-corrected chi connectivity index (χ1v) is 8.39. The van der Waals surface area contributed by atoms with E-state index in [4.69, 9.17) is 45.3 Å². The second-order valence-electron chi connectivity index (χ2n) is 5.16. The summed E-state index contributed by atoms with van der Waals surface area (Å²) in [6, 6.07) is 7.56. The molecule has 0 aliphatic carbocycles. The summed E-state index contributed by atoms with van der Waals surface area (Å²) in [7, 11) is 1.38. The zero-order chi connectivity index (χ0) is 19.4. The number of nitrogens with one attached hydrogen (secondary N) is 2. The van der Waals surface area contributed by atoms with Gasteiger partial charge in [0.1, 0.15) is 5.75 Å². The molecule has 1 amide bonds. The molecule has 3 N–H and O–H groups in total. The van der Waals surface area contributed by atoms with E-state index in [1.165, 1.54) is 25.3 Å². The second kappa shape index (κ2) is 8.35. The van der Waals surface area contributed by atoms with Gasteiger partial charge in [0.25, 0.3) is 5.91 Å². The summed E-state index contributed by atoms with van der Waals surface area (Å²) in [5, 5.41) is 14.9. The van der Waals surface area contributed by atoms with Crippen LogP contribution < -0.4 is 15.4 Å². The molecule has 2 aromatic carbocycles. The summed E-state index contributed by atoms with van der Waals surface area (Å²) in [4.78, 5) is 23.6. The van der Waals surface area contributed by atoms with E-state index in [1.807, 2.05) is 0 Å². The van der Waals surface area contributed by atoms with Gasteiger partial charge in [0.15, 0.2) is 5.11 Å². The number of methoxy groups -OCH3 is 1. The molecule has 0 aliphatic rings. The minimum absolute atomic E-state index is 0.0150. The monoisotopic (exact) mass is 412 g/mol. The number of amides is 1.